The van der Waals surface area contributed by atoms with Gasteiger partial charge in [-0.1, -0.05) is 50.6 Å². The molecule has 0 radical (unpaired) electrons. The summed E-state index contributed by atoms with van der Waals surface area (Å²) in [5, 5.41) is 5.49. The molecule has 5 heteroatoms. The van der Waals surface area contributed by atoms with E-state index in [0.29, 0.717) is 6.42 Å². The zero-order valence-corrected chi connectivity index (χ0v) is 16.1. The van der Waals surface area contributed by atoms with Crippen LogP contribution in [0.5, 0.6) is 0 Å². The first-order valence-electron chi connectivity index (χ1n) is 8.78. The predicted molar refractivity (Wildman–Crippen MR) is 99.1 cm³/mol. The minimum Gasteiger partial charge on any atom is -0.345 e. The second-order valence-corrected chi connectivity index (χ2v) is 7.16. The highest BCUT2D eigenvalue weighted by molar-refractivity contribution is 5.92. The first kappa shape index (κ1) is 20.9. The molecule has 1 aromatic carbocycles. The quantitative estimate of drug-likeness (QED) is 0.759. The van der Waals surface area contributed by atoms with Gasteiger partial charge in [-0.15, -0.1) is 0 Å². The van der Waals surface area contributed by atoms with Crippen LogP contribution in [0.15, 0.2) is 24.3 Å². The molecule has 25 heavy (non-hydrogen) atoms. The Bertz CT molecular complexity index is 608. The third-order valence-electron chi connectivity index (χ3n) is 4.33. The van der Waals surface area contributed by atoms with Gasteiger partial charge in [-0.3, -0.25) is 14.4 Å². The summed E-state index contributed by atoms with van der Waals surface area (Å²) in [4.78, 5) is 36.2. The van der Waals surface area contributed by atoms with Crippen LogP contribution in [0.25, 0.3) is 0 Å². The smallest absolute Gasteiger partial charge is 0.243 e. The Hall–Kier alpha value is -2.17. The van der Waals surface area contributed by atoms with Gasteiger partial charge < -0.3 is 10.6 Å². The SMILES string of the molecule is CC(=O)C(C)NC(=O)C(NC(=O)C(C)Cc1ccc(C)cc1)C(C)C. The number of rotatable bonds is 8. The van der Waals surface area contributed by atoms with E-state index in [9.17, 15) is 14.4 Å². The number of hydrogen-bond acceptors (Lipinski definition) is 3. The van der Waals surface area contributed by atoms with E-state index in [4.69, 9.17) is 0 Å². The molecule has 0 aromatic heterocycles. The van der Waals surface area contributed by atoms with E-state index in [-0.39, 0.29) is 29.4 Å². The van der Waals surface area contributed by atoms with Crippen LogP contribution in [-0.4, -0.2) is 29.7 Å². The molecule has 0 spiro atoms. The van der Waals surface area contributed by atoms with E-state index in [1.54, 1.807) is 6.92 Å². The molecule has 0 aliphatic rings. The van der Waals surface area contributed by atoms with Gasteiger partial charge in [-0.05, 0) is 38.7 Å². The zero-order chi connectivity index (χ0) is 19.1. The number of Topliss-reactive ketones (excluding diaryl/α,β-unsaturated/α-hetero) is 1. The summed E-state index contributed by atoms with van der Waals surface area (Å²) in [5.74, 6) is -0.926. The second kappa shape index (κ2) is 9.35. The molecule has 0 saturated heterocycles. The van der Waals surface area contributed by atoms with Gasteiger partial charge in [0.25, 0.3) is 0 Å². The maximum Gasteiger partial charge on any atom is 0.243 e. The molecule has 0 bridgehead atoms. The fraction of sp³-hybridized carbons (Fsp3) is 0.550. The van der Waals surface area contributed by atoms with Crippen molar-refractivity contribution in [2.45, 2.75) is 60.0 Å². The standard InChI is InChI=1S/C20H30N2O3/c1-12(2)18(20(25)21-15(5)16(6)23)22-19(24)14(4)11-17-9-7-13(3)8-10-17/h7-10,12,14-15,18H,11H2,1-6H3,(H,21,25)(H,22,24). The highest BCUT2D eigenvalue weighted by Gasteiger charge is 2.27. The summed E-state index contributed by atoms with van der Waals surface area (Å²) in [5.41, 5.74) is 2.26. The number of ketones is 1. The topological polar surface area (TPSA) is 75.3 Å². The molecule has 0 fully saturated rings. The van der Waals surface area contributed by atoms with Gasteiger partial charge in [-0.25, -0.2) is 0 Å². The second-order valence-electron chi connectivity index (χ2n) is 7.16. The Morgan fingerprint density at radius 2 is 1.48 bits per heavy atom. The van der Waals surface area contributed by atoms with Crippen molar-refractivity contribution in [3.63, 3.8) is 0 Å². The molecule has 1 aromatic rings. The monoisotopic (exact) mass is 346 g/mol. The van der Waals surface area contributed by atoms with Gasteiger partial charge >= 0.3 is 0 Å². The Morgan fingerprint density at radius 3 is 1.96 bits per heavy atom. The van der Waals surface area contributed by atoms with E-state index >= 15 is 0 Å². The molecule has 0 aliphatic carbocycles. The first-order chi connectivity index (χ1) is 11.6. The van der Waals surface area contributed by atoms with Crippen LogP contribution >= 0.6 is 0 Å². The van der Waals surface area contributed by atoms with E-state index in [2.05, 4.69) is 10.6 Å². The largest absolute Gasteiger partial charge is 0.345 e. The number of nitrogens with one attached hydrogen (secondary N) is 2. The van der Waals surface area contributed by atoms with Crippen molar-refractivity contribution in [2.24, 2.45) is 11.8 Å². The molecule has 2 amide bonds. The van der Waals surface area contributed by atoms with Crippen molar-refractivity contribution in [2.75, 3.05) is 0 Å². The minimum absolute atomic E-state index is 0.0744. The molecule has 3 atom stereocenters. The summed E-state index contributed by atoms with van der Waals surface area (Å²) in [6.45, 7) is 10.7. The van der Waals surface area contributed by atoms with Gasteiger partial charge in [0, 0.05) is 5.92 Å². The predicted octanol–water partition coefficient (Wildman–Crippen LogP) is 2.41. The van der Waals surface area contributed by atoms with Crippen LogP contribution in [-0.2, 0) is 20.8 Å². The van der Waals surface area contributed by atoms with Crippen molar-refractivity contribution in [3.8, 4) is 0 Å². The van der Waals surface area contributed by atoms with Gasteiger partial charge in [0.15, 0.2) is 5.78 Å². The Balaban J connectivity index is 2.70. The van der Waals surface area contributed by atoms with Crippen LogP contribution in [0.1, 0.15) is 45.7 Å². The lowest BCUT2D eigenvalue weighted by molar-refractivity contribution is -0.133. The Morgan fingerprint density at radius 1 is 0.920 bits per heavy atom. The van der Waals surface area contributed by atoms with E-state index in [1.807, 2.05) is 52.0 Å². The van der Waals surface area contributed by atoms with Crippen molar-refractivity contribution in [1.82, 2.24) is 10.6 Å². The molecule has 1 rings (SSSR count). The lowest BCUT2D eigenvalue weighted by atomic mass is 9.97. The van der Waals surface area contributed by atoms with Crippen molar-refractivity contribution in [1.29, 1.82) is 0 Å². The van der Waals surface area contributed by atoms with Gasteiger partial charge in [0.1, 0.15) is 6.04 Å². The van der Waals surface area contributed by atoms with Crippen LogP contribution in [0.2, 0.25) is 0 Å². The number of carbonyl (C=O) groups is 3. The molecule has 3 unspecified atom stereocenters. The highest BCUT2D eigenvalue weighted by atomic mass is 16.2. The number of amides is 2. The van der Waals surface area contributed by atoms with Gasteiger partial charge in [-0.2, -0.15) is 0 Å². The minimum atomic E-state index is -0.658. The molecule has 0 heterocycles. The Labute approximate surface area is 150 Å². The Kier molecular flexibility index (Phi) is 7.81. The zero-order valence-electron chi connectivity index (χ0n) is 16.1. The summed E-state index contributed by atoms with van der Waals surface area (Å²) in [7, 11) is 0. The number of hydrogen-bond donors (Lipinski definition) is 2. The first-order valence-corrected chi connectivity index (χ1v) is 8.78. The molecule has 138 valence electrons. The van der Waals surface area contributed by atoms with Crippen molar-refractivity contribution >= 4 is 17.6 Å². The number of benzene rings is 1. The number of aryl methyl sites for hydroxylation is 1. The average molecular weight is 346 g/mol. The lowest BCUT2D eigenvalue weighted by Crippen LogP contribution is -2.53. The van der Waals surface area contributed by atoms with Crippen LogP contribution in [0, 0.1) is 18.8 Å². The summed E-state index contributed by atoms with van der Waals surface area (Å²) in [6, 6.07) is 6.85. The molecule has 0 saturated carbocycles. The highest BCUT2D eigenvalue weighted by Crippen LogP contribution is 2.11. The van der Waals surface area contributed by atoms with E-state index in [1.165, 1.54) is 12.5 Å². The molecule has 0 aliphatic heterocycles. The fourth-order valence-electron chi connectivity index (χ4n) is 2.41. The van der Waals surface area contributed by atoms with Crippen molar-refractivity contribution < 1.29 is 14.4 Å². The number of carbonyl (C=O) groups excluding carboxylic acids is 3. The van der Waals surface area contributed by atoms with E-state index < -0.39 is 12.1 Å². The van der Waals surface area contributed by atoms with Gasteiger partial charge in [0.05, 0.1) is 6.04 Å². The summed E-state index contributed by atoms with van der Waals surface area (Å²) >= 11 is 0. The third kappa shape index (κ3) is 6.69. The summed E-state index contributed by atoms with van der Waals surface area (Å²) in [6.07, 6.45) is 0.613. The summed E-state index contributed by atoms with van der Waals surface area (Å²) < 4.78 is 0. The maximum atomic E-state index is 12.5. The van der Waals surface area contributed by atoms with Crippen LogP contribution < -0.4 is 10.6 Å². The van der Waals surface area contributed by atoms with Crippen LogP contribution in [0.3, 0.4) is 0 Å². The normalized spacial score (nSPS) is 14.5. The fourth-order valence-corrected chi connectivity index (χ4v) is 2.41. The third-order valence-corrected chi connectivity index (χ3v) is 4.33. The molecular weight excluding hydrogens is 316 g/mol. The van der Waals surface area contributed by atoms with E-state index in [0.717, 1.165) is 5.56 Å². The molecular formula is C20H30N2O3. The van der Waals surface area contributed by atoms with Gasteiger partial charge in [0.2, 0.25) is 11.8 Å². The lowest BCUT2D eigenvalue weighted by Gasteiger charge is -2.25. The molecule has 2 N–H and O–H groups in total. The molecule has 5 nitrogen and oxygen atoms in total. The maximum absolute atomic E-state index is 12.5. The van der Waals surface area contributed by atoms with Crippen molar-refractivity contribution in [3.05, 3.63) is 35.4 Å². The van der Waals surface area contributed by atoms with Crippen LogP contribution in [0.4, 0.5) is 0 Å². The average Bonchev–Trinajstić information content (AvgIpc) is 2.53.